The molecule has 2 atom stereocenters. The first-order chi connectivity index (χ1) is 13.3. The van der Waals surface area contributed by atoms with E-state index in [9.17, 15) is 0 Å². The summed E-state index contributed by atoms with van der Waals surface area (Å²) >= 11 is 0. The Kier molecular flexibility index (Phi) is 5.68. The minimum absolute atomic E-state index is 0.587. The van der Waals surface area contributed by atoms with Crippen molar-refractivity contribution in [1.29, 1.82) is 0 Å². The Bertz CT molecular complexity index is 756. The SMILES string of the molecule is CCCN1CCC[C@@H]2Cc3c(ccc(OC)c3OCc3ccccc3)C[C@H]21. The van der Waals surface area contributed by atoms with Crippen LogP contribution in [0, 0.1) is 5.92 Å². The van der Waals surface area contributed by atoms with E-state index < -0.39 is 0 Å². The predicted molar refractivity (Wildman–Crippen MR) is 110 cm³/mol. The summed E-state index contributed by atoms with van der Waals surface area (Å²) in [6, 6.07) is 15.4. The van der Waals surface area contributed by atoms with Gasteiger partial charge in [-0.1, -0.05) is 43.3 Å². The molecule has 2 aliphatic rings. The molecule has 0 aromatic heterocycles. The monoisotopic (exact) mass is 365 g/mol. The Morgan fingerprint density at radius 3 is 2.70 bits per heavy atom. The average molecular weight is 366 g/mol. The Balaban J connectivity index is 1.61. The molecule has 1 heterocycles. The summed E-state index contributed by atoms with van der Waals surface area (Å²) < 4.78 is 12.0. The van der Waals surface area contributed by atoms with Crippen LogP contribution in [0.25, 0.3) is 0 Å². The number of hydrogen-bond acceptors (Lipinski definition) is 3. The summed E-state index contributed by atoms with van der Waals surface area (Å²) in [5.41, 5.74) is 4.02. The molecule has 144 valence electrons. The van der Waals surface area contributed by atoms with E-state index in [1.807, 2.05) is 6.07 Å². The molecule has 1 aliphatic carbocycles. The van der Waals surface area contributed by atoms with Crippen LogP contribution in [0.2, 0.25) is 0 Å². The smallest absolute Gasteiger partial charge is 0.165 e. The number of ether oxygens (including phenoxy) is 2. The molecule has 0 unspecified atom stereocenters. The highest BCUT2D eigenvalue weighted by molar-refractivity contribution is 5.52. The fraction of sp³-hybridized carbons (Fsp3) is 0.500. The minimum atomic E-state index is 0.587. The van der Waals surface area contributed by atoms with Crippen LogP contribution >= 0.6 is 0 Å². The molecule has 1 aliphatic heterocycles. The summed E-state index contributed by atoms with van der Waals surface area (Å²) in [7, 11) is 1.74. The second-order valence-corrected chi connectivity index (χ2v) is 7.92. The van der Waals surface area contributed by atoms with Gasteiger partial charge in [-0.15, -0.1) is 0 Å². The first-order valence-corrected chi connectivity index (χ1v) is 10.4. The van der Waals surface area contributed by atoms with Crippen LogP contribution in [0.4, 0.5) is 0 Å². The van der Waals surface area contributed by atoms with Crippen LogP contribution in [0.3, 0.4) is 0 Å². The molecule has 27 heavy (non-hydrogen) atoms. The van der Waals surface area contributed by atoms with Gasteiger partial charge in [0.2, 0.25) is 0 Å². The third-order valence-corrected chi connectivity index (χ3v) is 6.21. The molecule has 0 radical (unpaired) electrons. The van der Waals surface area contributed by atoms with Crippen LogP contribution in [-0.2, 0) is 19.4 Å². The van der Waals surface area contributed by atoms with Crippen molar-refractivity contribution in [3.8, 4) is 11.5 Å². The van der Waals surface area contributed by atoms with Crippen molar-refractivity contribution in [2.24, 2.45) is 5.92 Å². The molecule has 3 nitrogen and oxygen atoms in total. The molecule has 0 bridgehead atoms. The standard InChI is InChI=1S/C24H31NO2/c1-3-13-25-14-7-10-20-15-21-19(16-22(20)25)11-12-23(26-2)24(21)27-17-18-8-5-4-6-9-18/h4-6,8-9,11-12,20,22H,3,7,10,13-17H2,1-2H3/t20-,22-/m1/s1. The van der Waals surface area contributed by atoms with E-state index in [0.29, 0.717) is 12.6 Å². The topological polar surface area (TPSA) is 21.7 Å². The Labute approximate surface area is 163 Å². The summed E-state index contributed by atoms with van der Waals surface area (Å²) in [4.78, 5) is 2.73. The van der Waals surface area contributed by atoms with Gasteiger partial charge in [0.05, 0.1) is 7.11 Å². The fourth-order valence-corrected chi connectivity index (χ4v) is 4.91. The average Bonchev–Trinajstić information content (AvgIpc) is 2.72. The largest absolute Gasteiger partial charge is 0.493 e. The zero-order valence-corrected chi connectivity index (χ0v) is 16.6. The molecule has 0 amide bonds. The molecule has 0 spiro atoms. The van der Waals surface area contributed by atoms with Crippen LogP contribution < -0.4 is 9.47 Å². The van der Waals surface area contributed by atoms with Crippen molar-refractivity contribution >= 4 is 0 Å². The van der Waals surface area contributed by atoms with Gasteiger partial charge >= 0.3 is 0 Å². The number of fused-ring (bicyclic) bond motifs is 2. The summed E-state index contributed by atoms with van der Waals surface area (Å²) in [5.74, 6) is 2.57. The second kappa shape index (κ2) is 8.35. The molecular weight excluding hydrogens is 334 g/mol. The predicted octanol–water partition coefficient (Wildman–Crippen LogP) is 4.86. The Morgan fingerprint density at radius 2 is 1.93 bits per heavy atom. The van der Waals surface area contributed by atoms with Gasteiger partial charge in [-0.2, -0.15) is 0 Å². The summed E-state index contributed by atoms with van der Waals surface area (Å²) in [5, 5.41) is 0. The van der Waals surface area contributed by atoms with Crippen molar-refractivity contribution in [2.75, 3.05) is 20.2 Å². The van der Waals surface area contributed by atoms with Gasteiger partial charge in [0.25, 0.3) is 0 Å². The highest BCUT2D eigenvalue weighted by Gasteiger charge is 2.36. The fourth-order valence-electron chi connectivity index (χ4n) is 4.91. The molecule has 0 saturated carbocycles. The molecule has 4 rings (SSSR count). The quantitative estimate of drug-likeness (QED) is 0.729. The molecule has 2 aromatic rings. The third kappa shape index (κ3) is 3.84. The normalized spacial score (nSPS) is 22.0. The van der Waals surface area contributed by atoms with Gasteiger partial charge in [-0.25, -0.2) is 0 Å². The summed E-state index contributed by atoms with van der Waals surface area (Å²) in [6.45, 7) is 5.37. The lowest BCUT2D eigenvalue weighted by molar-refractivity contribution is 0.0845. The number of likely N-dealkylation sites (tertiary alicyclic amines) is 1. The van der Waals surface area contributed by atoms with Gasteiger partial charge in [0.15, 0.2) is 11.5 Å². The second-order valence-electron chi connectivity index (χ2n) is 7.92. The molecule has 1 saturated heterocycles. The Morgan fingerprint density at radius 1 is 1.07 bits per heavy atom. The van der Waals surface area contributed by atoms with Gasteiger partial charge in [-0.05, 0) is 68.3 Å². The molecule has 2 aromatic carbocycles. The summed E-state index contributed by atoms with van der Waals surface area (Å²) in [6.07, 6.45) is 6.15. The van der Waals surface area contributed by atoms with Gasteiger partial charge in [0.1, 0.15) is 6.61 Å². The minimum Gasteiger partial charge on any atom is -0.493 e. The zero-order chi connectivity index (χ0) is 18.6. The van der Waals surface area contributed by atoms with Gasteiger partial charge < -0.3 is 9.47 Å². The lowest BCUT2D eigenvalue weighted by atomic mass is 9.75. The number of hydrogen-bond donors (Lipinski definition) is 0. The molecule has 1 fully saturated rings. The molecule has 3 heteroatoms. The van der Waals surface area contributed by atoms with Crippen molar-refractivity contribution in [3.63, 3.8) is 0 Å². The maximum absolute atomic E-state index is 6.33. The first kappa shape index (κ1) is 18.4. The third-order valence-electron chi connectivity index (χ3n) is 6.21. The maximum atomic E-state index is 6.33. The van der Waals surface area contributed by atoms with E-state index in [2.05, 4.69) is 48.2 Å². The highest BCUT2D eigenvalue weighted by Crippen LogP contribution is 2.43. The van der Waals surface area contributed by atoms with Crippen molar-refractivity contribution in [2.45, 2.75) is 51.7 Å². The number of methoxy groups -OCH3 is 1. The number of benzene rings is 2. The van der Waals surface area contributed by atoms with Crippen LogP contribution in [0.15, 0.2) is 42.5 Å². The Hall–Kier alpha value is -2.00. The molecular formula is C24H31NO2. The van der Waals surface area contributed by atoms with E-state index in [4.69, 9.17) is 9.47 Å². The van der Waals surface area contributed by atoms with E-state index in [1.165, 1.54) is 49.0 Å². The first-order valence-electron chi connectivity index (χ1n) is 10.4. The van der Waals surface area contributed by atoms with Crippen LogP contribution in [0.5, 0.6) is 11.5 Å². The van der Waals surface area contributed by atoms with Crippen LogP contribution in [-0.4, -0.2) is 31.1 Å². The number of nitrogens with zero attached hydrogens (tertiary/aromatic N) is 1. The maximum Gasteiger partial charge on any atom is 0.165 e. The van der Waals surface area contributed by atoms with E-state index in [-0.39, 0.29) is 0 Å². The van der Waals surface area contributed by atoms with Crippen molar-refractivity contribution < 1.29 is 9.47 Å². The van der Waals surface area contributed by atoms with E-state index >= 15 is 0 Å². The zero-order valence-electron chi connectivity index (χ0n) is 16.6. The lowest BCUT2D eigenvalue weighted by Gasteiger charge is -2.45. The van der Waals surface area contributed by atoms with Gasteiger partial charge in [-0.3, -0.25) is 4.90 Å². The van der Waals surface area contributed by atoms with Gasteiger partial charge in [0, 0.05) is 11.6 Å². The van der Waals surface area contributed by atoms with Crippen LogP contribution in [0.1, 0.15) is 42.9 Å². The molecule has 0 N–H and O–H groups in total. The van der Waals surface area contributed by atoms with Crippen molar-refractivity contribution in [1.82, 2.24) is 4.90 Å². The number of piperidine rings is 1. The van der Waals surface area contributed by atoms with E-state index in [1.54, 1.807) is 7.11 Å². The lowest BCUT2D eigenvalue weighted by Crippen LogP contribution is -2.49. The highest BCUT2D eigenvalue weighted by atomic mass is 16.5. The van der Waals surface area contributed by atoms with E-state index in [0.717, 1.165) is 30.3 Å². The van der Waals surface area contributed by atoms with Crippen molar-refractivity contribution in [3.05, 3.63) is 59.2 Å². The number of rotatable bonds is 6.